The van der Waals surface area contributed by atoms with E-state index in [9.17, 15) is 0 Å². The van der Waals surface area contributed by atoms with Gasteiger partial charge in [-0.05, 0) is 55.0 Å². The van der Waals surface area contributed by atoms with E-state index in [0.29, 0.717) is 29.9 Å². The van der Waals surface area contributed by atoms with E-state index in [1.165, 1.54) is 0 Å². The maximum absolute atomic E-state index is 5.88. The lowest BCUT2D eigenvalue weighted by molar-refractivity contribution is 0.339. The first kappa shape index (κ1) is 17.0. The summed E-state index contributed by atoms with van der Waals surface area (Å²) in [6.07, 6.45) is 3.39. The molecule has 0 unspecified atom stereocenters. The summed E-state index contributed by atoms with van der Waals surface area (Å²) in [4.78, 5) is 8.21. The van der Waals surface area contributed by atoms with Crippen molar-refractivity contribution in [3.05, 3.63) is 71.6 Å². The normalized spacial score (nSPS) is 10.3. The molecule has 6 heteroatoms. The van der Waals surface area contributed by atoms with Gasteiger partial charge < -0.3 is 14.8 Å². The highest BCUT2D eigenvalue weighted by atomic mass is 35.5. The Bertz CT molecular complexity index is 825. The van der Waals surface area contributed by atoms with Gasteiger partial charge in [-0.1, -0.05) is 11.6 Å². The molecule has 1 N–H and O–H groups in total. The molecule has 25 heavy (non-hydrogen) atoms. The zero-order valence-electron chi connectivity index (χ0n) is 13.8. The van der Waals surface area contributed by atoms with Crippen molar-refractivity contribution in [1.82, 2.24) is 9.97 Å². The van der Waals surface area contributed by atoms with E-state index < -0.39 is 0 Å². The van der Waals surface area contributed by atoms with Crippen LogP contribution in [0.4, 0.5) is 5.69 Å². The second-order valence-corrected chi connectivity index (χ2v) is 5.62. The number of aromatic nitrogens is 2. The van der Waals surface area contributed by atoms with E-state index in [0.717, 1.165) is 17.0 Å². The number of benzene rings is 1. The minimum absolute atomic E-state index is 0.458. The quantitative estimate of drug-likeness (QED) is 0.609. The van der Waals surface area contributed by atoms with Crippen molar-refractivity contribution in [2.24, 2.45) is 0 Å². The third-order valence-corrected chi connectivity index (χ3v) is 3.59. The van der Waals surface area contributed by atoms with Crippen molar-refractivity contribution in [1.29, 1.82) is 0 Å². The van der Waals surface area contributed by atoms with Crippen LogP contribution in [0.2, 0.25) is 5.15 Å². The number of rotatable bonds is 7. The van der Waals surface area contributed by atoms with Crippen LogP contribution >= 0.6 is 11.6 Å². The van der Waals surface area contributed by atoms with Gasteiger partial charge in [0.25, 0.3) is 0 Å². The molecule has 0 aliphatic carbocycles. The van der Waals surface area contributed by atoms with Gasteiger partial charge >= 0.3 is 0 Å². The summed E-state index contributed by atoms with van der Waals surface area (Å²) in [6.45, 7) is 3.22. The van der Waals surface area contributed by atoms with Gasteiger partial charge in [-0.2, -0.15) is 0 Å². The van der Waals surface area contributed by atoms with Crippen LogP contribution < -0.4 is 14.8 Å². The molecule has 2 aromatic heterocycles. The number of hydrogen-bond donors (Lipinski definition) is 1. The van der Waals surface area contributed by atoms with E-state index >= 15 is 0 Å². The van der Waals surface area contributed by atoms with Crippen LogP contribution in [0.1, 0.15) is 12.5 Å². The molecule has 3 aromatic rings. The molecule has 128 valence electrons. The molecule has 0 fully saturated rings. The Morgan fingerprint density at radius 3 is 2.48 bits per heavy atom. The molecule has 1 aromatic carbocycles. The zero-order chi connectivity index (χ0) is 17.5. The summed E-state index contributed by atoms with van der Waals surface area (Å²) >= 11 is 5.88. The van der Waals surface area contributed by atoms with E-state index in [2.05, 4.69) is 15.3 Å². The Hall–Kier alpha value is -2.79. The molecule has 5 nitrogen and oxygen atoms in total. The highest BCUT2D eigenvalue weighted by Crippen LogP contribution is 2.23. The monoisotopic (exact) mass is 355 g/mol. The molecule has 2 heterocycles. The average molecular weight is 356 g/mol. The van der Waals surface area contributed by atoms with Gasteiger partial charge in [0.2, 0.25) is 5.88 Å². The second-order valence-electron chi connectivity index (χ2n) is 5.23. The van der Waals surface area contributed by atoms with Gasteiger partial charge in [0.15, 0.2) is 0 Å². The molecule has 0 aliphatic rings. The largest absolute Gasteiger partial charge is 0.494 e. The van der Waals surface area contributed by atoms with E-state index in [1.807, 2.05) is 49.4 Å². The molecule has 0 saturated carbocycles. The van der Waals surface area contributed by atoms with Crippen LogP contribution in [-0.2, 0) is 6.54 Å². The fourth-order valence-corrected chi connectivity index (χ4v) is 2.40. The molecule has 3 rings (SSSR count). The second kappa shape index (κ2) is 8.35. The first-order chi connectivity index (χ1) is 12.2. The third kappa shape index (κ3) is 5.09. The van der Waals surface area contributed by atoms with Crippen LogP contribution in [0.3, 0.4) is 0 Å². The number of halogens is 1. The van der Waals surface area contributed by atoms with Crippen LogP contribution in [0.25, 0.3) is 0 Å². The van der Waals surface area contributed by atoms with Crippen LogP contribution in [-0.4, -0.2) is 16.6 Å². The molecular formula is C19H18ClN3O2. The zero-order valence-corrected chi connectivity index (χ0v) is 14.5. The standard InChI is InChI=1S/C19H18ClN3O2/c1-2-24-16-3-5-17(6-4-16)25-19-11-14(7-9-22-19)13-23-15-8-10-21-18(20)12-15/h3-12H,2,13H2,1H3,(H,21,23). The molecular weight excluding hydrogens is 338 g/mol. The lowest BCUT2D eigenvalue weighted by atomic mass is 10.2. The number of hydrogen-bond acceptors (Lipinski definition) is 5. The molecule has 0 amide bonds. The topological polar surface area (TPSA) is 56.3 Å². The summed E-state index contributed by atoms with van der Waals surface area (Å²) < 4.78 is 11.2. The molecule has 0 radical (unpaired) electrons. The first-order valence-corrected chi connectivity index (χ1v) is 8.32. The number of anilines is 1. The predicted molar refractivity (Wildman–Crippen MR) is 98.5 cm³/mol. The third-order valence-electron chi connectivity index (χ3n) is 3.38. The molecule has 0 bridgehead atoms. The number of pyridine rings is 2. The van der Waals surface area contributed by atoms with Crippen LogP contribution in [0.5, 0.6) is 17.4 Å². The highest BCUT2D eigenvalue weighted by Gasteiger charge is 2.02. The van der Waals surface area contributed by atoms with Gasteiger partial charge in [0.1, 0.15) is 16.7 Å². The van der Waals surface area contributed by atoms with Crippen molar-refractivity contribution >= 4 is 17.3 Å². The minimum atomic E-state index is 0.458. The molecule has 0 saturated heterocycles. The van der Waals surface area contributed by atoms with Crippen molar-refractivity contribution < 1.29 is 9.47 Å². The van der Waals surface area contributed by atoms with Gasteiger partial charge in [0, 0.05) is 30.7 Å². The summed E-state index contributed by atoms with van der Waals surface area (Å²) in [5.74, 6) is 2.06. The Morgan fingerprint density at radius 2 is 1.72 bits per heavy atom. The Labute approximate surface area is 151 Å². The SMILES string of the molecule is CCOc1ccc(Oc2cc(CNc3ccnc(Cl)c3)ccn2)cc1. The summed E-state index contributed by atoms with van der Waals surface area (Å²) in [7, 11) is 0. The molecule has 0 spiro atoms. The van der Waals surface area contributed by atoms with Crippen molar-refractivity contribution in [3.63, 3.8) is 0 Å². The maximum atomic E-state index is 5.88. The van der Waals surface area contributed by atoms with Crippen molar-refractivity contribution in [2.45, 2.75) is 13.5 Å². The first-order valence-electron chi connectivity index (χ1n) is 7.94. The van der Waals surface area contributed by atoms with Crippen LogP contribution in [0, 0.1) is 0 Å². The highest BCUT2D eigenvalue weighted by molar-refractivity contribution is 6.29. The minimum Gasteiger partial charge on any atom is -0.494 e. The van der Waals surface area contributed by atoms with Crippen LogP contribution in [0.15, 0.2) is 60.9 Å². The molecule has 0 atom stereocenters. The number of nitrogens with zero attached hydrogens (tertiary/aromatic N) is 2. The van der Waals surface area contributed by atoms with Gasteiger partial charge in [-0.15, -0.1) is 0 Å². The van der Waals surface area contributed by atoms with E-state index in [4.69, 9.17) is 21.1 Å². The van der Waals surface area contributed by atoms with Gasteiger partial charge in [0.05, 0.1) is 6.61 Å². The predicted octanol–water partition coefficient (Wildman–Crippen LogP) is 4.93. The summed E-state index contributed by atoms with van der Waals surface area (Å²) in [6, 6.07) is 14.9. The van der Waals surface area contributed by atoms with Gasteiger partial charge in [-0.3, -0.25) is 0 Å². The van der Waals surface area contributed by atoms with Gasteiger partial charge in [-0.25, -0.2) is 9.97 Å². The summed E-state index contributed by atoms with van der Waals surface area (Å²) in [5.41, 5.74) is 1.95. The fourth-order valence-electron chi connectivity index (χ4n) is 2.22. The van der Waals surface area contributed by atoms with E-state index in [-0.39, 0.29) is 0 Å². The average Bonchev–Trinajstić information content (AvgIpc) is 2.62. The lowest BCUT2D eigenvalue weighted by Gasteiger charge is -2.09. The van der Waals surface area contributed by atoms with Crippen molar-refractivity contribution in [3.8, 4) is 17.4 Å². The fraction of sp³-hybridized carbons (Fsp3) is 0.158. The Balaban J connectivity index is 1.62. The lowest BCUT2D eigenvalue weighted by Crippen LogP contribution is -2.00. The maximum Gasteiger partial charge on any atom is 0.219 e. The Morgan fingerprint density at radius 1 is 0.960 bits per heavy atom. The van der Waals surface area contributed by atoms with Crippen molar-refractivity contribution in [2.75, 3.05) is 11.9 Å². The summed E-state index contributed by atoms with van der Waals surface area (Å²) in [5, 5.41) is 3.75. The van der Waals surface area contributed by atoms with E-state index in [1.54, 1.807) is 18.5 Å². The smallest absolute Gasteiger partial charge is 0.219 e. The Kier molecular flexibility index (Phi) is 5.69. The number of ether oxygens (including phenoxy) is 2. The number of nitrogens with one attached hydrogen (secondary N) is 1. The molecule has 0 aliphatic heterocycles.